The molecule has 0 unspecified atom stereocenters. The van der Waals surface area contributed by atoms with Crippen LogP contribution in [-0.4, -0.2) is 13.2 Å². The van der Waals surface area contributed by atoms with Crippen LogP contribution in [0.1, 0.15) is 18.9 Å². The van der Waals surface area contributed by atoms with Gasteiger partial charge in [0.05, 0.1) is 6.61 Å². The molecule has 0 bridgehead atoms. The maximum absolute atomic E-state index is 5.66. The Morgan fingerprint density at radius 3 is 3.23 bits per heavy atom. The number of ether oxygens (including phenoxy) is 1. The average molecular weight is 177 g/mol. The van der Waals surface area contributed by atoms with E-state index in [4.69, 9.17) is 4.74 Å². The van der Waals surface area contributed by atoms with Crippen molar-refractivity contribution in [2.24, 2.45) is 0 Å². The molecule has 2 heteroatoms. The van der Waals surface area contributed by atoms with Gasteiger partial charge in [-0.15, -0.1) is 0 Å². The summed E-state index contributed by atoms with van der Waals surface area (Å²) in [5.41, 5.74) is 2.59. The molecular formula is C11H15NO. The van der Waals surface area contributed by atoms with Gasteiger partial charge in [-0.3, -0.25) is 0 Å². The lowest BCUT2D eigenvalue weighted by Gasteiger charge is -2.08. The minimum Gasteiger partial charge on any atom is -0.493 e. The number of benzene rings is 1. The van der Waals surface area contributed by atoms with Gasteiger partial charge in [-0.25, -0.2) is 0 Å². The highest BCUT2D eigenvalue weighted by atomic mass is 16.5. The fourth-order valence-electron chi connectivity index (χ4n) is 1.66. The van der Waals surface area contributed by atoms with E-state index in [0.717, 1.165) is 31.7 Å². The predicted molar refractivity (Wildman–Crippen MR) is 54.4 cm³/mol. The monoisotopic (exact) mass is 177 g/mol. The fourth-order valence-corrected chi connectivity index (χ4v) is 1.66. The van der Waals surface area contributed by atoms with Crippen LogP contribution in [0.5, 0.6) is 5.75 Å². The van der Waals surface area contributed by atoms with Crippen LogP contribution in [0.15, 0.2) is 18.2 Å². The Bertz CT molecular complexity index is 296. The molecule has 1 N–H and O–H groups in total. The Morgan fingerprint density at radius 1 is 1.46 bits per heavy atom. The molecule has 70 valence electrons. The maximum atomic E-state index is 5.66. The molecule has 0 fully saturated rings. The molecule has 1 aromatic carbocycles. The van der Waals surface area contributed by atoms with Crippen LogP contribution in [-0.2, 0) is 6.42 Å². The third-order valence-corrected chi connectivity index (χ3v) is 2.29. The molecule has 1 heterocycles. The zero-order valence-corrected chi connectivity index (χ0v) is 7.97. The molecular weight excluding hydrogens is 162 g/mol. The highest BCUT2D eigenvalue weighted by Crippen LogP contribution is 2.30. The smallest absolute Gasteiger partial charge is 0.124 e. The van der Waals surface area contributed by atoms with E-state index in [-0.39, 0.29) is 0 Å². The first-order chi connectivity index (χ1) is 6.42. The van der Waals surface area contributed by atoms with E-state index < -0.39 is 0 Å². The number of anilines is 1. The van der Waals surface area contributed by atoms with Crippen molar-refractivity contribution in [3.8, 4) is 5.75 Å². The van der Waals surface area contributed by atoms with E-state index in [2.05, 4.69) is 24.4 Å². The summed E-state index contributed by atoms with van der Waals surface area (Å²) in [5.74, 6) is 1.06. The number of rotatable bonds is 3. The van der Waals surface area contributed by atoms with Gasteiger partial charge >= 0.3 is 0 Å². The second kappa shape index (κ2) is 3.69. The largest absolute Gasteiger partial charge is 0.493 e. The van der Waals surface area contributed by atoms with Crippen molar-refractivity contribution in [1.29, 1.82) is 0 Å². The van der Waals surface area contributed by atoms with E-state index >= 15 is 0 Å². The Labute approximate surface area is 78.9 Å². The average Bonchev–Trinajstić information content (AvgIpc) is 2.62. The van der Waals surface area contributed by atoms with Gasteiger partial charge in [-0.05, 0) is 25.0 Å². The van der Waals surface area contributed by atoms with Crippen molar-refractivity contribution < 1.29 is 4.74 Å². The zero-order valence-electron chi connectivity index (χ0n) is 7.97. The second-order valence-electron chi connectivity index (χ2n) is 3.31. The van der Waals surface area contributed by atoms with Crippen molar-refractivity contribution in [3.05, 3.63) is 23.8 Å². The first kappa shape index (κ1) is 8.42. The summed E-state index contributed by atoms with van der Waals surface area (Å²) in [4.78, 5) is 0. The topological polar surface area (TPSA) is 21.3 Å². The lowest BCUT2D eigenvalue weighted by molar-refractivity contribution is 0.315. The van der Waals surface area contributed by atoms with Crippen molar-refractivity contribution in [3.63, 3.8) is 0 Å². The van der Waals surface area contributed by atoms with Crippen LogP contribution in [0, 0.1) is 0 Å². The van der Waals surface area contributed by atoms with E-state index in [1.807, 2.05) is 6.07 Å². The van der Waals surface area contributed by atoms with Gasteiger partial charge in [-0.1, -0.05) is 13.0 Å². The lowest BCUT2D eigenvalue weighted by atomic mass is 10.1. The van der Waals surface area contributed by atoms with Gasteiger partial charge < -0.3 is 10.1 Å². The molecule has 2 nitrogen and oxygen atoms in total. The molecule has 2 rings (SSSR count). The number of fused-ring (bicyclic) bond motifs is 1. The molecule has 0 saturated heterocycles. The minimum absolute atomic E-state index is 0.816. The van der Waals surface area contributed by atoms with Gasteiger partial charge in [0.25, 0.3) is 0 Å². The Balaban J connectivity index is 2.20. The predicted octanol–water partition coefficient (Wildman–Crippen LogP) is 2.44. The van der Waals surface area contributed by atoms with Crippen molar-refractivity contribution in [2.75, 3.05) is 18.5 Å². The Morgan fingerprint density at radius 2 is 2.38 bits per heavy atom. The van der Waals surface area contributed by atoms with E-state index in [1.54, 1.807) is 0 Å². The van der Waals surface area contributed by atoms with Crippen molar-refractivity contribution >= 4 is 5.69 Å². The maximum Gasteiger partial charge on any atom is 0.124 e. The molecule has 0 aliphatic carbocycles. The van der Waals surface area contributed by atoms with Crippen LogP contribution in [0.3, 0.4) is 0 Å². The van der Waals surface area contributed by atoms with Gasteiger partial charge in [0.15, 0.2) is 0 Å². The summed E-state index contributed by atoms with van der Waals surface area (Å²) in [6.07, 6.45) is 2.16. The summed E-state index contributed by atoms with van der Waals surface area (Å²) in [7, 11) is 0. The Kier molecular flexibility index (Phi) is 2.39. The molecule has 1 aromatic rings. The molecule has 1 aliphatic heterocycles. The highest BCUT2D eigenvalue weighted by Gasteiger charge is 2.13. The number of hydrogen-bond acceptors (Lipinski definition) is 2. The molecule has 0 atom stereocenters. The molecule has 0 saturated carbocycles. The summed E-state index contributed by atoms with van der Waals surface area (Å²) in [5, 5.41) is 3.34. The first-order valence-electron chi connectivity index (χ1n) is 4.90. The highest BCUT2D eigenvalue weighted by molar-refractivity contribution is 5.61. The van der Waals surface area contributed by atoms with Crippen LogP contribution < -0.4 is 10.1 Å². The molecule has 0 aromatic heterocycles. The van der Waals surface area contributed by atoms with E-state index in [1.165, 1.54) is 11.3 Å². The third-order valence-electron chi connectivity index (χ3n) is 2.29. The van der Waals surface area contributed by atoms with Crippen LogP contribution in [0.4, 0.5) is 5.69 Å². The van der Waals surface area contributed by atoms with Crippen molar-refractivity contribution in [2.45, 2.75) is 19.8 Å². The SMILES string of the molecule is CCCOc1cccc2c1CCN2. The normalized spacial score (nSPS) is 13.6. The third kappa shape index (κ3) is 1.62. The lowest BCUT2D eigenvalue weighted by Crippen LogP contribution is -1.97. The molecule has 0 radical (unpaired) electrons. The van der Waals surface area contributed by atoms with Gasteiger partial charge in [0, 0.05) is 17.8 Å². The van der Waals surface area contributed by atoms with Gasteiger partial charge in [0.2, 0.25) is 0 Å². The van der Waals surface area contributed by atoms with Crippen LogP contribution >= 0.6 is 0 Å². The quantitative estimate of drug-likeness (QED) is 0.765. The fraction of sp³-hybridized carbons (Fsp3) is 0.455. The van der Waals surface area contributed by atoms with Crippen LogP contribution in [0.25, 0.3) is 0 Å². The van der Waals surface area contributed by atoms with Crippen LogP contribution in [0.2, 0.25) is 0 Å². The van der Waals surface area contributed by atoms with Gasteiger partial charge in [-0.2, -0.15) is 0 Å². The molecule has 13 heavy (non-hydrogen) atoms. The van der Waals surface area contributed by atoms with E-state index in [0.29, 0.717) is 0 Å². The molecule has 1 aliphatic rings. The standard InChI is InChI=1S/C11H15NO/c1-2-8-13-11-5-3-4-10-9(11)6-7-12-10/h3-5,12H,2,6-8H2,1H3. The summed E-state index contributed by atoms with van der Waals surface area (Å²) >= 11 is 0. The number of hydrogen-bond donors (Lipinski definition) is 1. The minimum atomic E-state index is 0.816. The molecule has 0 amide bonds. The Hall–Kier alpha value is -1.18. The molecule has 0 spiro atoms. The number of nitrogens with one attached hydrogen (secondary N) is 1. The van der Waals surface area contributed by atoms with Gasteiger partial charge in [0.1, 0.15) is 5.75 Å². The summed E-state index contributed by atoms with van der Waals surface area (Å²) in [6.45, 7) is 3.99. The summed E-state index contributed by atoms with van der Waals surface area (Å²) < 4.78 is 5.66. The summed E-state index contributed by atoms with van der Waals surface area (Å²) in [6, 6.07) is 6.21. The first-order valence-corrected chi connectivity index (χ1v) is 4.90. The zero-order chi connectivity index (χ0) is 9.10. The van der Waals surface area contributed by atoms with Crippen molar-refractivity contribution in [1.82, 2.24) is 0 Å². The van der Waals surface area contributed by atoms with E-state index in [9.17, 15) is 0 Å². The second-order valence-corrected chi connectivity index (χ2v) is 3.31.